The van der Waals surface area contributed by atoms with Gasteiger partial charge in [0.1, 0.15) is 11.6 Å². The Labute approximate surface area is 149 Å². The van der Waals surface area contributed by atoms with Crippen LogP contribution in [0.3, 0.4) is 0 Å². The van der Waals surface area contributed by atoms with E-state index >= 15 is 0 Å². The van der Waals surface area contributed by atoms with Crippen LogP contribution in [0.25, 0.3) is 33.9 Å². The number of H-pyrrole nitrogens is 1. The second-order valence-electron chi connectivity index (χ2n) is 5.77. The average molecular weight is 344 g/mol. The van der Waals surface area contributed by atoms with E-state index in [9.17, 15) is 5.11 Å². The number of rotatable bonds is 3. The molecule has 0 unspecified atom stereocenters. The number of aromatic nitrogens is 4. The van der Waals surface area contributed by atoms with Crippen LogP contribution in [0.1, 0.15) is 0 Å². The zero-order valence-electron chi connectivity index (χ0n) is 13.7. The SMILES string of the molecule is Nc1cc(-c2[nH]c(-c3ccccc3)nc2-c2cnc(N)c(O)c2)ccn1. The Hall–Kier alpha value is -3.87. The van der Waals surface area contributed by atoms with E-state index in [1.165, 1.54) is 0 Å². The van der Waals surface area contributed by atoms with Gasteiger partial charge >= 0.3 is 0 Å². The third-order valence-corrected chi connectivity index (χ3v) is 3.99. The van der Waals surface area contributed by atoms with Crippen molar-refractivity contribution < 1.29 is 5.11 Å². The Bertz CT molecular complexity index is 1070. The second-order valence-corrected chi connectivity index (χ2v) is 5.77. The lowest BCUT2D eigenvalue weighted by molar-refractivity contribution is 0.476. The van der Waals surface area contributed by atoms with Crippen molar-refractivity contribution in [3.8, 4) is 39.7 Å². The van der Waals surface area contributed by atoms with Crippen molar-refractivity contribution in [2.75, 3.05) is 11.5 Å². The Morgan fingerprint density at radius 3 is 2.42 bits per heavy atom. The van der Waals surface area contributed by atoms with E-state index in [1.807, 2.05) is 36.4 Å². The lowest BCUT2D eigenvalue weighted by Gasteiger charge is -2.05. The molecule has 0 radical (unpaired) electrons. The van der Waals surface area contributed by atoms with Crippen molar-refractivity contribution in [1.29, 1.82) is 0 Å². The van der Waals surface area contributed by atoms with Crippen molar-refractivity contribution in [3.63, 3.8) is 0 Å². The minimum atomic E-state index is -0.0908. The minimum absolute atomic E-state index is 0.0716. The molecule has 6 N–H and O–H groups in total. The smallest absolute Gasteiger partial charge is 0.165 e. The summed E-state index contributed by atoms with van der Waals surface area (Å²) in [4.78, 5) is 16.1. The molecule has 128 valence electrons. The number of nitrogens with two attached hydrogens (primary N) is 2. The summed E-state index contributed by atoms with van der Waals surface area (Å²) in [6.45, 7) is 0. The van der Waals surface area contributed by atoms with Gasteiger partial charge in [0.2, 0.25) is 0 Å². The molecule has 4 aromatic rings. The predicted molar refractivity (Wildman–Crippen MR) is 101 cm³/mol. The number of aromatic amines is 1. The van der Waals surface area contributed by atoms with Gasteiger partial charge in [-0.3, -0.25) is 0 Å². The first-order valence-electron chi connectivity index (χ1n) is 7.94. The first-order chi connectivity index (χ1) is 12.6. The summed E-state index contributed by atoms with van der Waals surface area (Å²) >= 11 is 0. The summed E-state index contributed by atoms with van der Waals surface area (Å²) < 4.78 is 0. The Balaban J connectivity index is 1.93. The van der Waals surface area contributed by atoms with E-state index in [1.54, 1.807) is 24.5 Å². The number of nitrogen functional groups attached to an aromatic ring is 2. The molecular weight excluding hydrogens is 328 g/mol. The largest absolute Gasteiger partial charge is 0.504 e. The van der Waals surface area contributed by atoms with E-state index < -0.39 is 0 Å². The molecule has 0 saturated carbocycles. The van der Waals surface area contributed by atoms with Crippen molar-refractivity contribution >= 4 is 11.6 Å². The van der Waals surface area contributed by atoms with E-state index in [2.05, 4.69) is 15.0 Å². The number of hydrogen-bond donors (Lipinski definition) is 4. The van der Waals surface area contributed by atoms with E-state index in [0.29, 0.717) is 22.9 Å². The molecule has 0 spiro atoms. The zero-order chi connectivity index (χ0) is 18.1. The molecule has 4 rings (SSSR count). The van der Waals surface area contributed by atoms with Crippen LogP contribution in [0.5, 0.6) is 5.75 Å². The standard InChI is InChI=1S/C19H16N6O/c20-15-9-12(6-7-22-15)16-17(13-8-14(26)18(21)23-10-13)25-19(24-16)11-4-2-1-3-5-11/h1-10,26H,(H2,20,22)(H2,21,23)(H,24,25). The van der Waals surface area contributed by atoms with Gasteiger partial charge in [-0.25, -0.2) is 15.0 Å². The van der Waals surface area contributed by atoms with Crippen LogP contribution >= 0.6 is 0 Å². The maximum Gasteiger partial charge on any atom is 0.165 e. The Morgan fingerprint density at radius 1 is 0.885 bits per heavy atom. The number of aromatic hydroxyl groups is 1. The summed E-state index contributed by atoms with van der Waals surface area (Å²) in [7, 11) is 0. The number of anilines is 2. The predicted octanol–water partition coefficient (Wildman–Crippen LogP) is 3.07. The number of hydrogen-bond acceptors (Lipinski definition) is 6. The zero-order valence-corrected chi connectivity index (χ0v) is 13.7. The van der Waals surface area contributed by atoms with Gasteiger partial charge in [-0.15, -0.1) is 0 Å². The molecule has 1 aromatic carbocycles. The highest BCUT2D eigenvalue weighted by atomic mass is 16.3. The fourth-order valence-corrected chi connectivity index (χ4v) is 2.72. The van der Waals surface area contributed by atoms with Gasteiger partial charge in [-0.2, -0.15) is 0 Å². The van der Waals surface area contributed by atoms with E-state index in [-0.39, 0.29) is 11.6 Å². The molecule has 0 atom stereocenters. The molecule has 0 aliphatic heterocycles. The van der Waals surface area contributed by atoms with Crippen LogP contribution in [0.2, 0.25) is 0 Å². The highest BCUT2D eigenvalue weighted by molar-refractivity contribution is 5.82. The molecule has 0 fully saturated rings. The molecule has 0 aliphatic rings. The highest BCUT2D eigenvalue weighted by Crippen LogP contribution is 2.35. The molecule has 7 nitrogen and oxygen atoms in total. The van der Waals surface area contributed by atoms with Crippen LogP contribution in [0.4, 0.5) is 11.6 Å². The monoisotopic (exact) mass is 344 g/mol. The van der Waals surface area contributed by atoms with Gasteiger partial charge in [0, 0.05) is 29.1 Å². The van der Waals surface area contributed by atoms with Gasteiger partial charge in [0.05, 0.1) is 11.4 Å². The van der Waals surface area contributed by atoms with Gasteiger partial charge in [0.25, 0.3) is 0 Å². The molecule has 0 amide bonds. The fourth-order valence-electron chi connectivity index (χ4n) is 2.72. The maximum absolute atomic E-state index is 9.94. The third-order valence-electron chi connectivity index (χ3n) is 3.99. The Kier molecular flexibility index (Phi) is 3.74. The van der Waals surface area contributed by atoms with Gasteiger partial charge < -0.3 is 21.6 Å². The van der Waals surface area contributed by atoms with Gasteiger partial charge in [-0.1, -0.05) is 30.3 Å². The van der Waals surface area contributed by atoms with Crippen molar-refractivity contribution in [3.05, 3.63) is 60.9 Å². The van der Waals surface area contributed by atoms with Crippen LogP contribution in [0.15, 0.2) is 60.9 Å². The van der Waals surface area contributed by atoms with Crippen molar-refractivity contribution in [2.24, 2.45) is 0 Å². The summed E-state index contributed by atoms with van der Waals surface area (Å²) in [5, 5.41) is 9.94. The quantitative estimate of drug-likeness (QED) is 0.452. The maximum atomic E-state index is 9.94. The number of pyridine rings is 2. The number of benzene rings is 1. The topological polar surface area (TPSA) is 127 Å². The summed E-state index contributed by atoms with van der Waals surface area (Å²) in [5.74, 6) is 1.08. The summed E-state index contributed by atoms with van der Waals surface area (Å²) in [5.41, 5.74) is 15.3. The van der Waals surface area contributed by atoms with Gasteiger partial charge in [-0.05, 0) is 18.2 Å². The van der Waals surface area contributed by atoms with Crippen LogP contribution < -0.4 is 11.5 Å². The minimum Gasteiger partial charge on any atom is -0.504 e. The lowest BCUT2D eigenvalue weighted by Crippen LogP contribution is -1.93. The lowest BCUT2D eigenvalue weighted by atomic mass is 10.1. The Morgan fingerprint density at radius 2 is 1.69 bits per heavy atom. The number of nitrogens with one attached hydrogen (secondary N) is 1. The normalized spacial score (nSPS) is 10.8. The average Bonchev–Trinajstić information content (AvgIpc) is 3.10. The van der Waals surface area contributed by atoms with Gasteiger partial charge in [0.15, 0.2) is 11.6 Å². The molecule has 3 heterocycles. The molecule has 0 saturated heterocycles. The van der Waals surface area contributed by atoms with Crippen LogP contribution in [-0.4, -0.2) is 25.0 Å². The first kappa shape index (κ1) is 15.6. The highest BCUT2D eigenvalue weighted by Gasteiger charge is 2.17. The first-order valence-corrected chi connectivity index (χ1v) is 7.94. The summed E-state index contributed by atoms with van der Waals surface area (Å²) in [6, 6.07) is 14.9. The second kappa shape index (κ2) is 6.21. The van der Waals surface area contributed by atoms with E-state index in [0.717, 1.165) is 16.8 Å². The van der Waals surface area contributed by atoms with Crippen LogP contribution in [-0.2, 0) is 0 Å². The summed E-state index contributed by atoms with van der Waals surface area (Å²) in [6.07, 6.45) is 3.21. The molecule has 26 heavy (non-hydrogen) atoms. The molecule has 7 heteroatoms. The molecule has 3 aromatic heterocycles. The van der Waals surface area contributed by atoms with Crippen molar-refractivity contribution in [1.82, 2.24) is 19.9 Å². The molecule has 0 bridgehead atoms. The molecule has 0 aliphatic carbocycles. The number of nitrogens with zero attached hydrogens (tertiary/aromatic N) is 3. The third kappa shape index (κ3) is 2.82. The van der Waals surface area contributed by atoms with E-state index in [4.69, 9.17) is 16.5 Å². The molecular formula is C19H16N6O. The van der Waals surface area contributed by atoms with Crippen LogP contribution in [0, 0.1) is 0 Å². The van der Waals surface area contributed by atoms with Crippen molar-refractivity contribution in [2.45, 2.75) is 0 Å². The fraction of sp³-hybridized carbons (Fsp3) is 0. The number of imidazole rings is 1.